The maximum atomic E-state index is 12.7. The molecule has 0 saturated heterocycles. The number of nitrogens with one attached hydrogen (secondary N) is 1. The smallest absolute Gasteiger partial charge is 0.228 e. The summed E-state index contributed by atoms with van der Waals surface area (Å²) in [7, 11) is 2.00. The van der Waals surface area contributed by atoms with Gasteiger partial charge in [-0.1, -0.05) is 37.5 Å². The zero-order valence-electron chi connectivity index (χ0n) is 12.7. The van der Waals surface area contributed by atoms with Crippen molar-refractivity contribution >= 4 is 11.6 Å². The maximum absolute atomic E-state index is 12.7. The zero-order valence-corrected chi connectivity index (χ0v) is 12.7. The lowest BCUT2D eigenvalue weighted by Crippen LogP contribution is -2.49. The highest BCUT2D eigenvalue weighted by Crippen LogP contribution is 2.31. The molecule has 1 aliphatic rings. The number of rotatable bonds is 5. The Kier molecular flexibility index (Phi) is 5.18. The van der Waals surface area contributed by atoms with Crippen LogP contribution in [0.15, 0.2) is 30.3 Å². The third-order valence-corrected chi connectivity index (χ3v) is 4.52. The molecule has 3 nitrogen and oxygen atoms in total. The molecule has 20 heavy (non-hydrogen) atoms. The lowest BCUT2D eigenvalue weighted by molar-refractivity contribution is -0.120. The molecule has 1 amide bonds. The van der Waals surface area contributed by atoms with Gasteiger partial charge in [-0.05, 0) is 38.9 Å². The van der Waals surface area contributed by atoms with E-state index >= 15 is 0 Å². The van der Waals surface area contributed by atoms with Gasteiger partial charge in [0.1, 0.15) is 0 Å². The Labute approximate surface area is 122 Å². The average molecular weight is 274 g/mol. The third kappa shape index (κ3) is 3.40. The fourth-order valence-electron chi connectivity index (χ4n) is 3.24. The molecule has 0 radical (unpaired) electrons. The van der Waals surface area contributed by atoms with Crippen LogP contribution in [-0.4, -0.2) is 25.0 Å². The van der Waals surface area contributed by atoms with Crippen molar-refractivity contribution in [3.05, 3.63) is 30.3 Å². The van der Waals surface area contributed by atoms with Crippen LogP contribution in [0.5, 0.6) is 0 Å². The summed E-state index contributed by atoms with van der Waals surface area (Å²) < 4.78 is 0. The second-order valence-electron chi connectivity index (χ2n) is 5.74. The van der Waals surface area contributed by atoms with Gasteiger partial charge in [-0.15, -0.1) is 0 Å². The van der Waals surface area contributed by atoms with Gasteiger partial charge in [0.25, 0.3) is 0 Å². The van der Waals surface area contributed by atoms with Gasteiger partial charge in [-0.3, -0.25) is 4.79 Å². The Balaban J connectivity index is 2.09. The Hall–Kier alpha value is -1.35. The van der Waals surface area contributed by atoms with E-state index in [4.69, 9.17) is 0 Å². The summed E-state index contributed by atoms with van der Waals surface area (Å²) in [5.41, 5.74) is 1.01. The third-order valence-electron chi connectivity index (χ3n) is 4.52. The van der Waals surface area contributed by atoms with Crippen LogP contribution in [0.4, 0.5) is 5.69 Å². The van der Waals surface area contributed by atoms with E-state index in [1.165, 1.54) is 19.3 Å². The summed E-state index contributed by atoms with van der Waals surface area (Å²) in [4.78, 5) is 14.6. The normalized spacial score (nSPS) is 17.7. The summed E-state index contributed by atoms with van der Waals surface area (Å²) >= 11 is 0. The van der Waals surface area contributed by atoms with Gasteiger partial charge < -0.3 is 10.2 Å². The van der Waals surface area contributed by atoms with Crippen LogP contribution >= 0.6 is 0 Å². The molecule has 110 valence electrons. The van der Waals surface area contributed by atoms with Gasteiger partial charge in [0, 0.05) is 24.2 Å². The SMILES string of the molecule is CCN(C(=O)CC1(NC)CCCCC1)c1ccccc1. The topological polar surface area (TPSA) is 32.3 Å². The molecule has 0 bridgehead atoms. The summed E-state index contributed by atoms with van der Waals surface area (Å²) in [6, 6.07) is 9.97. The van der Waals surface area contributed by atoms with E-state index in [1.807, 2.05) is 49.2 Å². The standard InChI is InChI=1S/C17H26N2O/c1-3-19(15-10-6-4-7-11-15)16(20)14-17(18-2)12-8-5-9-13-17/h4,6-7,10-11,18H,3,5,8-9,12-14H2,1-2H3. The van der Waals surface area contributed by atoms with E-state index < -0.39 is 0 Å². The second kappa shape index (κ2) is 6.89. The van der Waals surface area contributed by atoms with Crippen LogP contribution in [-0.2, 0) is 4.79 Å². The molecule has 1 aliphatic carbocycles. The van der Waals surface area contributed by atoms with Gasteiger partial charge in [0.15, 0.2) is 0 Å². The highest BCUT2D eigenvalue weighted by molar-refractivity contribution is 5.94. The van der Waals surface area contributed by atoms with E-state index in [0.29, 0.717) is 6.42 Å². The van der Waals surface area contributed by atoms with Crippen molar-refractivity contribution in [1.82, 2.24) is 5.32 Å². The van der Waals surface area contributed by atoms with E-state index in [-0.39, 0.29) is 11.4 Å². The molecule has 0 aliphatic heterocycles. The van der Waals surface area contributed by atoms with Crippen molar-refractivity contribution in [2.45, 2.75) is 51.0 Å². The average Bonchev–Trinajstić information content (AvgIpc) is 2.50. The minimum absolute atomic E-state index is 0.0114. The number of hydrogen-bond donors (Lipinski definition) is 1. The van der Waals surface area contributed by atoms with E-state index in [9.17, 15) is 4.79 Å². The molecule has 1 fully saturated rings. The van der Waals surface area contributed by atoms with Crippen LogP contribution in [0.3, 0.4) is 0 Å². The van der Waals surface area contributed by atoms with Crippen LogP contribution in [0.25, 0.3) is 0 Å². The van der Waals surface area contributed by atoms with Crippen molar-refractivity contribution in [3.63, 3.8) is 0 Å². The predicted octanol–water partition coefficient (Wildman–Crippen LogP) is 3.35. The van der Waals surface area contributed by atoms with Crippen molar-refractivity contribution in [2.24, 2.45) is 0 Å². The quantitative estimate of drug-likeness (QED) is 0.893. The molecule has 1 saturated carbocycles. The molecule has 0 unspecified atom stereocenters. The summed E-state index contributed by atoms with van der Waals surface area (Å²) in [6.45, 7) is 2.76. The number of hydrogen-bond acceptors (Lipinski definition) is 2. The zero-order chi connectivity index (χ0) is 14.4. The fourth-order valence-corrected chi connectivity index (χ4v) is 3.24. The highest BCUT2D eigenvalue weighted by atomic mass is 16.2. The van der Waals surface area contributed by atoms with Crippen molar-refractivity contribution in [1.29, 1.82) is 0 Å². The van der Waals surface area contributed by atoms with Gasteiger partial charge >= 0.3 is 0 Å². The molecule has 1 aromatic carbocycles. The lowest BCUT2D eigenvalue weighted by Gasteiger charge is -2.38. The molecule has 0 spiro atoms. The first-order valence-corrected chi connectivity index (χ1v) is 7.75. The Morgan fingerprint density at radius 3 is 2.40 bits per heavy atom. The first-order valence-electron chi connectivity index (χ1n) is 7.75. The minimum atomic E-state index is 0.0114. The Morgan fingerprint density at radius 1 is 1.20 bits per heavy atom. The molecule has 0 heterocycles. The fraction of sp³-hybridized carbons (Fsp3) is 0.588. The van der Waals surface area contributed by atoms with E-state index in [1.54, 1.807) is 0 Å². The molecule has 0 atom stereocenters. The number of benzene rings is 1. The number of carbonyl (C=O) groups is 1. The van der Waals surface area contributed by atoms with Crippen molar-refractivity contribution in [3.8, 4) is 0 Å². The van der Waals surface area contributed by atoms with Crippen molar-refractivity contribution in [2.75, 3.05) is 18.5 Å². The molecular formula is C17H26N2O. The van der Waals surface area contributed by atoms with Crippen molar-refractivity contribution < 1.29 is 4.79 Å². The van der Waals surface area contributed by atoms with Crippen LogP contribution in [0.2, 0.25) is 0 Å². The van der Waals surface area contributed by atoms with Crippen LogP contribution < -0.4 is 10.2 Å². The van der Waals surface area contributed by atoms with Crippen LogP contribution in [0.1, 0.15) is 45.4 Å². The summed E-state index contributed by atoms with van der Waals surface area (Å²) in [6.07, 6.45) is 6.58. The first kappa shape index (κ1) is 15.0. The molecule has 3 heteroatoms. The number of anilines is 1. The molecule has 2 rings (SSSR count). The number of nitrogens with zero attached hydrogens (tertiary/aromatic N) is 1. The largest absolute Gasteiger partial charge is 0.314 e. The van der Waals surface area contributed by atoms with E-state index in [2.05, 4.69) is 5.32 Å². The Morgan fingerprint density at radius 2 is 1.85 bits per heavy atom. The second-order valence-corrected chi connectivity index (χ2v) is 5.74. The van der Waals surface area contributed by atoms with Gasteiger partial charge in [0.2, 0.25) is 5.91 Å². The van der Waals surface area contributed by atoms with Crippen LogP contribution in [0, 0.1) is 0 Å². The molecule has 0 aromatic heterocycles. The molecular weight excluding hydrogens is 248 g/mol. The molecule has 1 aromatic rings. The molecule has 1 N–H and O–H groups in total. The predicted molar refractivity (Wildman–Crippen MR) is 84.0 cm³/mol. The first-order chi connectivity index (χ1) is 9.71. The highest BCUT2D eigenvalue weighted by Gasteiger charge is 2.34. The number of amides is 1. The van der Waals surface area contributed by atoms with Gasteiger partial charge in [-0.25, -0.2) is 0 Å². The number of carbonyl (C=O) groups excluding carboxylic acids is 1. The van der Waals surface area contributed by atoms with Gasteiger partial charge in [0.05, 0.1) is 0 Å². The van der Waals surface area contributed by atoms with Gasteiger partial charge in [-0.2, -0.15) is 0 Å². The Bertz CT molecular complexity index is 424. The summed E-state index contributed by atoms with van der Waals surface area (Å²) in [5, 5.41) is 3.43. The maximum Gasteiger partial charge on any atom is 0.228 e. The summed E-state index contributed by atoms with van der Waals surface area (Å²) in [5.74, 6) is 0.231. The monoisotopic (exact) mass is 274 g/mol. The number of para-hydroxylation sites is 1. The van der Waals surface area contributed by atoms with E-state index in [0.717, 1.165) is 25.1 Å². The lowest BCUT2D eigenvalue weighted by atomic mass is 9.79. The minimum Gasteiger partial charge on any atom is -0.314 e.